The molecule has 0 spiro atoms. The van der Waals surface area contributed by atoms with E-state index in [1.807, 2.05) is 37.3 Å². The summed E-state index contributed by atoms with van der Waals surface area (Å²) < 4.78 is 1.68. The van der Waals surface area contributed by atoms with E-state index in [-0.39, 0.29) is 5.91 Å². The molecule has 1 fully saturated rings. The molecule has 5 heteroatoms. The molecule has 0 atom stereocenters. The zero-order valence-corrected chi connectivity index (χ0v) is 11.4. The largest absolute Gasteiger partial charge is 0.386 e. The first-order valence-electron chi connectivity index (χ1n) is 6.73. The number of benzene rings is 1. The molecule has 2 heterocycles. The van der Waals surface area contributed by atoms with E-state index in [0.29, 0.717) is 25.1 Å². The fourth-order valence-electron chi connectivity index (χ4n) is 2.37. The molecule has 0 bridgehead atoms. The van der Waals surface area contributed by atoms with E-state index in [1.165, 1.54) is 0 Å². The lowest BCUT2D eigenvalue weighted by molar-refractivity contribution is -0.0826. The molecule has 3 rings (SSSR count). The Morgan fingerprint density at radius 3 is 2.70 bits per heavy atom. The van der Waals surface area contributed by atoms with Gasteiger partial charge in [0.05, 0.1) is 36.1 Å². The zero-order chi connectivity index (χ0) is 14.2. The van der Waals surface area contributed by atoms with Crippen LogP contribution in [0, 0.1) is 0 Å². The number of amides is 1. The van der Waals surface area contributed by atoms with Gasteiger partial charge >= 0.3 is 0 Å². The van der Waals surface area contributed by atoms with Crippen molar-refractivity contribution >= 4 is 5.91 Å². The molecule has 2 aromatic rings. The van der Waals surface area contributed by atoms with Crippen molar-refractivity contribution in [3.63, 3.8) is 0 Å². The molecular weight excluding hydrogens is 254 g/mol. The van der Waals surface area contributed by atoms with Gasteiger partial charge in [0.2, 0.25) is 0 Å². The molecule has 1 aliphatic rings. The van der Waals surface area contributed by atoms with Crippen molar-refractivity contribution < 1.29 is 9.90 Å². The van der Waals surface area contributed by atoms with E-state index in [1.54, 1.807) is 22.0 Å². The van der Waals surface area contributed by atoms with E-state index in [0.717, 1.165) is 5.69 Å². The highest BCUT2D eigenvalue weighted by Crippen LogP contribution is 2.25. The zero-order valence-electron chi connectivity index (χ0n) is 11.4. The Morgan fingerprint density at radius 2 is 2.05 bits per heavy atom. The van der Waals surface area contributed by atoms with Crippen molar-refractivity contribution in [2.45, 2.75) is 18.9 Å². The molecule has 104 valence electrons. The highest BCUT2D eigenvalue weighted by atomic mass is 16.3. The Labute approximate surface area is 117 Å². The monoisotopic (exact) mass is 271 g/mol. The number of carbonyl (C=O) groups is 1. The van der Waals surface area contributed by atoms with Crippen molar-refractivity contribution in [1.29, 1.82) is 0 Å². The maximum Gasteiger partial charge on any atom is 0.257 e. The minimum Gasteiger partial charge on any atom is -0.386 e. The third kappa shape index (κ3) is 2.20. The average Bonchev–Trinajstić information content (AvgIpc) is 2.94. The highest BCUT2D eigenvalue weighted by Gasteiger charge is 2.42. The number of para-hydroxylation sites is 1. The minimum absolute atomic E-state index is 0.0784. The summed E-state index contributed by atoms with van der Waals surface area (Å²) >= 11 is 0. The van der Waals surface area contributed by atoms with Gasteiger partial charge in [-0.25, -0.2) is 4.68 Å². The van der Waals surface area contributed by atoms with Crippen LogP contribution >= 0.6 is 0 Å². The number of hydrogen-bond donors (Lipinski definition) is 1. The predicted octanol–water partition coefficient (Wildman–Crippen LogP) is 1.47. The number of β-amino-alcohol motifs (C(OH)–C–C–N with tert-alkyl or cyclic N) is 1. The third-order valence-electron chi connectivity index (χ3n) is 3.77. The number of likely N-dealkylation sites (tertiary alicyclic amines) is 1. The van der Waals surface area contributed by atoms with Gasteiger partial charge in [0.15, 0.2) is 0 Å². The normalized spacial score (nSPS) is 16.8. The van der Waals surface area contributed by atoms with Gasteiger partial charge in [-0.1, -0.05) is 25.1 Å². The van der Waals surface area contributed by atoms with Crippen molar-refractivity contribution in [3.8, 4) is 5.69 Å². The lowest BCUT2D eigenvalue weighted by Crippen LogP contribution is -2.63. The second-order valence-electron chi connectivity index (χ2n) is 5.25. The Balaban J connectivity index is 1.73. The van der Waals surface area contributed by atoms with Crippen LogP contribution in [0.15, 0.2) is 42.7 Å². The Morgan fingerprint density at radius 1 is 1.35 bits per heavy atom. The average molecular weight is 271 g/mol. The van der Waals surface area contributed by atoms with E-state index < -0.39 is 5.60 Å². The molecule has 0 unspecified atom stereocenters. The molecule has 1 aliphatic heterocycles. The smallest absolute Gasteiger partial charge is 0.257 e. The molecular formula is C15H17N3O2. The summed E-state index contributed by atoms with van der Waals surface area (Å²) in [4.78, 5) is 13.9. The predicted molar refractivity (Wildman–Crippen MR) is 74.7 cm³/mol. The van der Waals surface area contributed by atoms with Gasteiger partial charge in [-0.2, -0.15) is 5.10 Å². The molecule has 0 aliphatic carbocycles. The first-order chi connectivity index (χ1) is 9.61. The van der Waals surface area contributed by atoms with Crippen LogP contribution in [0.25, 0.3) is 5.69 Å². The quantitative estimate of drug-likeness (QED) is 0.919. The lowest BCUT2D eigenvalue weighted by Gasteiger charge is -2.45. The fraction of sp³-hybridized carbons (Fsp3) is 0.333. The van der Waals surface area contributed by atoms with Gasteiger partial charge in [-0.3, -0.25) is 4.79 Å². The standard InChI is InChI=1S/C15H17N3O2/c1-2-15(20)10-17(11-15)14(19)12-8-16-18(9-12)13-6-4-3-5-7-13/h3-9,20H,2,10-11H2,1H3. The minimum atomic E-state index is -0.703. The molecule has 5 nitrogen and oxygen atoms in total. The molecule has 1 saturated heterocycles. The third-order valence-corrected chi connectivity index (χ3v) is 3.77. The number of nitrogens with zero attached hydrogens (tertiary/aromatic N) is 3. The molecule has 1 amide bonds. The number of carbonyl (C=O) groups excluding carboxylic acids is 1. The van der Waals surface area contributed by atoms with Crippen LogP contribution < -0.4 is 0 Å². The van der Waals surface area contributed by atoms with Crippen LogP contribution in [-0.2, 0) is 0 Å². The molecule has 0 radical (unpaired) electrons. The Bertz CT molecular complexity index is 615. The van der Waals surface area contributed by atoms with Gasteiger partial charge in [-0.15, -0.1) is 0 Å². The Kier molecular flexibility index (Phi) is 3.06. The van der Waals surface area contributed by atoms with Crippen LogP contribution in [0.5, 0.6) is 0 Å². The number of aliphatic hydroxyl groups is 1. The second kappa shape index (κ2) is 4.76. The van der Waals surface area contributed by atoms with E-state index in [4.69, 9.17) is 0 Å². The summed E-state index contributed by atoms with van der Waals surface area (Å²) in [5.74, 6) is -0.0784. The maximum atomic E-state index is 12.2. The first-order valence-corrected chi connectivity index (χ1v) is 6.73. The Hall–Kier alpha value is -2.14. The molecule has 0 saturated carbocycles. The highest BCUT2D eigenvalue weighted by molar-refractivity contribution is 5.94. The lowest BCUT2D eigenvalue weighted by atomic mass is 9.91. The SMILES string of the molecule is CCC1(O)CN(C(=O)c2cnn(-c3ccccc3)c2)C1. The van der Waals surface area contributed by atoms with Crippen molar-refractivity contribution in [3.05, 3.63) is 48.3 Å². The fourth-order valence-corrected chi connectivity index (χ4v) is 2.37. The van der Waals surface area contributed by atoms with Crippen LogP contribution in [0.2, 0.25) is 0 Å². The van der Waals surface area contributed by atoms with Gasteiger partial charge in [-0.05, 0) is 18.6 Å². The van der Waals surface area contributed by atoms with Gasteiger partial charge in [0.25, 0.3) is 5.91 Å². The number of hydrogen-bond acceptors (Lipinski definition) is 3. The van der Waals surface area contributed by atoms with Gasteiger partial charge < -0.3 is 10.0 Å². The maximum absolute atomic E-state index is 12.2. The van der Waals surface area contributed by atoms with E-state index in [9.17, 15) is 9.90 Å². The second-order valence-corrected chi connectivity index (χ2v) is 5.25. The summed E-state index contributed by atoms with van der Waals surface area (Å²) in [5.41, 5.74) is 0.762. The summed E-state index contributed by atoms with van der Waals surface area (Å²) in [6.07, 6.45) is 3.96. The summed E-state index contributed by atoms with van der Waals surface area (Å²) in [5, 5.41) is 14.2. The van der Waals surface area contributed by atoms with E-state index >= 15 is 0 Å². The molecule has 20 heavy (non-hydrogen) atoms. The van der Waals surface area contributed by atoms with Crippen LogP contribution in [0.3, 0.4) is 0 Å². The molecule has 1 aromatic carbocycles. The number of aromatic nitrogens is 2. The number of rotatable bonds is 3. The topological polar surface area (TPSA) is 58.4 Å². The summed E-state index contributed by atoms with van der Waals surface area (Å²) in [6, 6.07) is 9.65. The van der Waals surface area contributed by atoms with Crippen molar-refractivity contribution in [1.82, 2.24) is 14.7 Å². The molecule has 1 aromatic heterocycles. The van der Waals surface area contributed by atoms with Gasteiger partial charge in [0, 0.05) is 6.20 Å². The van der Waals surface area contributed by atoms with Gasteiger partial charge in [0.1, 0.15) is 0 Å². The van der Waals surface area contributed by atoms with Crippen LogP contribution in [0.1, 0.15) is 23.7 Å². The summed E-state index contributed by atoms with van der Waals surface area (Å²) in [7, 11) is 0. The van der Waals surface area contributed by atoms with Crippen LogP contribution in [0.4, 0.5) is 0 Å². The van der Waals surface area contributed by atoms with Crippen molar-refractivity contribution in [2.24, 2.45) is 0 Å². The summed E-state index contributed by atoms with van der Waals surface area (Å²) in [6.45, 7) is 2.73. The van der Waals surface area contributed by atoms with Crippen LogP contribution in [-0.4, -0.2) is 44.4 Å². The van der Waals surface area contributed by atoms with E-state index in [2.05, 4.69) is 5.10 Å². The van der Waals surface area contributed by atoms with Crippen molar-refractivity contribution in [2.75, 3.05) is 13.1 Å². The molecule has 1 N–H and O–H groups in total. The first kappa shape index (κ1) is 12.9.